The summed E-state index contributed by atoms with van der Waals surface area (Å²) in [6.07, 6.45) is 2.49. The summed E-state index contributed by atoms with van der Waals surface area (Å²) in [6, 6.07) is 11.3. The fourth-order valence-corrected chi connectivity index (χ4v) is 2.54. The minimum Gasteiger partial charge on any atom is -0.493 e. The van der Waals surface area contributed by atoms with E-state index < -0.39 is 11.6 Å². The van der Waals surface area contributed by atoms with Crippen LogP contribution in [0.25, 0.3) is 0 Å². The highest BCUT2D eigenvalue weighted by Crippen LogP contribution is 2.30. The number of nitrogens with one attached hydrogen (secondary N) is 2. The summed E-state index contributed by atoms with van der Waals surface area (Å²) in [6.45, 7) is 1.41. The van der Waals surface area contributed by atoms with Gasteiger partial charge in [-0.1, -0.05) is 18.2 Å². The van der Waals surface area contributed by atoms with Gasteiger partial charge in [0.25, 0.3) is 0 Å². The summed E-state index contributed by atoms with van der Waals surface area (Å²) in [5, 5.41) is 6.17. The van der Waals surface area contributed by atoms with Crippen LogP contribution in [0.3, 0.4) is 0 Å². The second-order valence-corrected chi connectivity index (χ2v) is 6.38. The highest BCUT2D eigenvalue weighted by atomic mass is 19.1. The topological polar surface area (TPSA) is 45.7 Å². The average molecular weight is 359 g/mol. The molecule has 2 N–H and O–H groups in total. The summed E-state index contributed by atoms with van der Waals surface area (Å²) in [7, 11) is 1.63. The minimum absolute atomic E-state index is 0.142. The lowest BCUT2D eigenvalue weighted by atomic mass is 10.2. The lowest BCUT2D eigenvalue weighted by Crippen LogP contribution is -2.36. The zero-order valence-electron chi connectivity index (χ0n) is 14.8. The molecule has 2 aromatic rings. The maximum Gasteiger partial charge on any atom is 0.191 e. The van der Waals surface area contributed by atoms with E-state index in [1.165, 1.54) is 18.9 Å². The predicted molar refractivity (Wildman–Crippen MR) is 98.1 cm³/mol. The first-order valence-corrected chi connectivity index (χ1v) is 8.75. The molecule has 138 valence electrons. The van der Waals surface area contributed by atoms with Crippen LogP contribution in [0.1, 0.15) is 24.0 Å². The van der Waals surface area contributed by atoms with Gasteiger partial charge >= 0.3 is 0 Å². The van der Waals surface area contributed by atoms with E-state index in [1.54, 1.807) is 7.05 Å². The number of hydrogen-bond donors (Lipinski definition) is 2. The number of hydrogen-bond acceptors (Lipinski definition) is 2. The summed E-state index contributed by atoms with van der Waals surface area (Å²) in [5.74, 6) is 1.14. The van der Waals surface area contributed by atoms with Crippen molar-refractivity contribution in [3.63, 3.8) is 0 Å². The van der Waals surface area contributed by atoms with E-state index in [0.717, 1.165) is 30.1 Å². The molecule has 0 aliphatic heterocycles. The first kappa shape index (κ1) is 18.2. The van der Waals surface area contributed by atoms with Crippen molar-refractivity contribution in [3.8, 4) is 5.75 Å². The Kier molecular flexibility index (Phi) is 6.04. The molecule has 0 radical (unpaired) electrons. The second kappa shape index (κ2) is 8.65. The van der Waals surface area contributed by atoms with E-state index >= 15 is 0 Å². The van der Waals surface area contributed by atoms with Gasteiger partial charge < -0.3 is 15.4 Å². The van der Waals surface area contributed by atoms with E-state index in [1.807, 2.05) is 24.3 Å². The van der Waals surface area contributed by atoms with Gasteiger partial charge in [0.15, 0.2) is 5.96 Å². The standard InChI is InChI=1S/C20H23F2N3O/c1-23-20(25-12-16-10-17(21)8-9-18(16)22)24-11-15-4-2-3-5-19(15)26-13-14-6-7-14/h2-5,8-10,14H,6-7,11-13H2,1H3,(H2,23,24,25). The smallest absolute Gasteiger partial charge is 0.191 e. The van der Waals surface area contributed by atoms with Crippen molar-refractivity contribution in [1.29, 1.82) is 0 Å². The van der Waals surface area contributed by atoms with Crippen LogP contribution in [0.4, 0.5) is 8.78 Å². The number of halogens is 2. The van der Waals surface area contributed by atoms with Crippen LogP contribution in [0.5, 0.6) is 5.75 Å². The zero-order chi connectivity index (χ0) is 18.4. The molecule has 0 atom stereocenters. The second-order valence-electron chi connectivity index (χ2n) is 6.38. The molecule has 0 spiro atoms. The van der Waals surface area contributed by atoms with Gasteiger partial charge in [-0.2, -0.15) is 0 Å². The molecule has 6 heteroatoms. The first-order chi connectivity index (χ1) is 12.7. The highest BCUT2D eigenvalue weighted by Gasteiger charge is 2.22. The lowest BCUT2D eigenvalue weighted by molar-refractivity contribution is 0.296. The van der Waals surface area contributed by atoms with Crippen molar-refractivity contribution in [3.05, 3.63) is 65.2 Å². The predicted octanol–water partition coefficient (Wildman–Crippen LogP) is 3.62. The van der Waals surface area contributed by atoms with E-state index in [2.05, 4.69) is 15.6 Å². The zero-order valence-corrected chi connectivity index (χ0v) is 14.8. The van der Waals surface area contributed by atoms with Crippen molar-refractivity contribution in [2.75, 3.05) is 13.7 Å². The van der Waals surface area contributed by atoms with Gasteiger partial charge in [-0.05, 0) is 43.0 Å². The van der Waals surface area contributed by atoms with Crippen molar-refractivity contribution in [2.24, 2.45) is 10.9 Å². The van der Waals surface area contributed by atoms with Crippen molar-refractivity contribution in [1.82, 2.24) is 10.6 Å². The molecule has 3 rings (SSSR count). The number of rotatable bonds is 7. The van der Waals surface area contributed by atoms with Gasteiger partial charge in [0.1, 0.15) is 17.4 Å². The van der Waals surface area contributed by atoms with Gasteiger partial charge in [0, 0.05) is 31.3 Å². The fraction of sp³-hybridized carbons (Fsp3) is 0.350. The van der Waals surface area contributed by atoms with Gasteiger partial charge in [-0.3, -0.25) is 4.99 Å². The molecule has 0 saturated heterocycles. The van der Waals surface area contributed by atoms with E-state index in [0.29, 0.717) is 18.4 Å². The third kappa shape index (κ3) is 5.18. The van der Waals surface area contributed by atoms with Crippen LogP contribution < -0.4 is 15.4 Å². The SMILES string of the molecule is CN=C(NCc1cc(F)ccc1F)NCc1ccccc1OCC1CC1. The van der Waals surface area contributed by atoms with Gasteiger partial charge in [0.05, 0.1) is 6.61 Å². The minimum atomic E-state index is -0.465. The van der Waals surface area contributed by atoms with Crippen LogP contribution in [0, 0.1) is 17.6 Å². The average Bonchev–Trinajstić information content (AvgIpc) is 3.48. The molecule has 0 heterocycles. The number of benzene rings is 2. The number of ether oxygens (including phenoxy) is 1. The van der Waals surface area contributed by atoms with E-state index in [9.17, 15) is 8.78 Å². The summed E-state index contributed by atoms with van der Waals surface area (Å²) < 4.78 is 32.8. The Labute approximate surface area is 152 Å². The van der Waals surface area contributed by atoms with Crippen LogP contribution in [-0.4, -0.2) is 19.6 Å². The van der Waals surface area contributed by atoms with E-state index in [4.69, 9.17) is 4.74 Å². The molecule has 4 nitrogen and oxygen atoms in total. The fourth-order valence-electron chi connectivity index (χ4n) is 2.54. The molecule has 1 aliphatic carbocycles. The van der Waals surface area contributed by atoms with Crippen LogP contribution >= 0.6 is 0 Å². The lowest BCUT2D eigenvalue weighted by Gasteiger charge is -2.15. The number of guanidine groups is 1. The van der Waals surface area contributed by atoms with Crippen molar-refractivity contribution >= 4 is 5.96 Å². The normalized spacial score (nSPS) is 14.2. The van der Waals surface area contributed by atoms with Crippen LogP contribution in [0.2, 0.25) is 0 Å². The third-order valence-corrected chi connectivity index (χ3v) is 4.27. The Morgan fingerprint density at radius 2 is 1.81 bits per heavy atom. The molecule has 1 aliphatic rings. The monoisotopic (exact) mass is 359 g/mol. The molecule has 0 aromatic heterocycles. The van der Waals surface area contributed by atoms with Crippen LogP contribution in [-0.2, 0) is 13.1 Å². The maximum absolute atomic E-state index is 13.7. The van der Waals surface area contributed by atoms with E-state index in [-0.39, 0.29) is 12.1 Å². The van der Waals surface area contributed by atoms with Crippen molar-refractivity contribution in [2.45, 2.75) is 25.9 Å². The van der Waals surface area contributed by atoms with Crippen molar-refractivity contribution < 1.29 is 13.5 Å². The number of aliphatic imine (C=N–C) groups is 1. The Morgan fingerprint density at radius 3 is 2.54 bits per heavy atom. The Morgan fingerprint density at radius 1 is 1.08 bits per heavy atom. The molecule has 0 amide bonds. The number of para-hydroxylation sites is 1. The molecule has 2 aromatic carbocycles. The highest BCUT2D eigenvalue weighted by molar-refractivity contribution is 5.79. The van der Waals surface area contributed by atoms with Gasteiger partial charge in [-0.25, -0.2) is 8.78 Å². The molecule has 0 bridgehead atoms. The largest absolute Gasteiger partial charge is 0.493 e. The quantitative estimate of drug-likeness (QED) is 0.586. The Bertz CT molecular complexity index is 775. The van der Waals surface area contributed by atoms with Gasteiger partial charge in [-0.15, -0.1) is 0 Å². The molecular weight excluding hydrogens is 336 g/mol. The first-order valence-electron chi connectivity index (χ1n) is 8.75. The molecule has 1 saturated carbocycles. The van der Waals surface area contributed by atoms with Crippen LogP contribution in [0.15, 0.2) is 47.5 Å². The molecular formula is C20H23F2N3O. The summed E-state index contributed by atoms with van der Waals surface area (Å²) in [4.78, 5) is 4.12. The summed E-state index contributed by atoms with van der Waals surface area (Å²) in [5.41, 5.74) is 1.27. The maximum atomic E-state index is 13.7. The van der Waals surface area contributed by atoms with Gasteiger partial charge in [0.2, 0.25) is 0 Å². The molecule has 1 fully saturated rings. The Balaban J connectivity index is 1.54. The Hall–Kier alpha value is -2.63. The third-order valence-electron chi connectivity index (χ3n) is 4.27. The molecule has 26 heavy (non-hydrogen) atoms. The molecule has 0 unspecified atom stereocenters. The number of nitrogens with zero attached hydrogens (tertiary/aromatic N) is 1. The summed E-state index contributed by atoms with van der Waals surface area (Å²) >= 11 is 0.